The Labute approximate surface area is 136 Å². The van der Waals surface area contributed by atoms with Crippen molar-refractivity contribution in [2.24, 2.45) is 11.3 Å². The van der Waals surface area contributed by atoms with Crippen LogP contribution in [0.25, 0.3) is 11.3 Å². The minimum Gasteiger partial charge on any atom is -0.392 e. The number of fused-ring (bicyclic) bond motifs is 3. The zero-order valence-electron chi connectivity index (χ0n) is 13.2. The number of benzene rings is 1. The number of aromatic nitrogens is 2. The normalized spacial score (nSPS) is 31.3. The molecular weight excluding hydrogens is 288 g/mol. The van der Waals surface area contributed by atoms with Crippen molar-refractivity contribution in [3.8, 4) is 11.3 Å². The molecule has 2 fully saturated rings. The summed E-state index contributed by atoms with van der Waals surface area (Å²) in [5.74, 6) is 0.268. The number of nitrogens with zero attached hydrogens (tertiary/aromatic N) is 2. The summed E-state index contributed by atoms with van der Waals surface area (Å²) in [6.45, 7) is 1.59. The second-order valence-corrected chi connectivity index (χ2v) is 7.34. The highest BCUT2D eigenvalue weighted by Crippen LogP contribution is 2.55. The summed E-state index contributed by atoms with van der Waals surface area (Å²) >= 11 is 0. The van der Waals surface area contributed by atoms with Crippen LogP contribution in [0.15, 0.2) is 36.8 Å². The summed E-state index contributed by atoms with van der Waals surface area (Å²) in [4.78, 5) is 4.35. The van der Waals surface area contributed by atoms with Gasteiger partial charge >= 0.3 is 0 Å². The van der Waals surface area contributed by atoms with E-state index >= 15 is 0 Å². The number of hydrogen-bond acceptors (Lipinski definition) is 3. The summed E-state index contributed by atoms with van der Waals surface area (Å²) in [5, 5.41) is 11.2. The average molecular weight is 310 g/mol. The van der Waals surface area contributed by atoms with Crippen molar-refractivity contribution in [1.29, 1.82) is 0 Å². The fourth-order valence-electron chi connectivity index (χ4n) is 5.18. The Kier molecular flexibility index (Phi) is 2.94. The maximum atomic E-state index is 11.2. The fourth-order valence-corrected chi connectivity index (χ4v) is 5.18. The van der Waals surface area contributed by atoms with Gasteiger partial charge in [-0.3, -0.25) is 0 Å². The van der Waals surface area contributed by atoms with Gasteiger partial charge in [-0.05, 0) is 31.2 Å². The van der Waals surface area contributed by atoms with E-state index in [9.17, 15) is 5.11 Å². The van der Waals surface area contributed by atoms with Crippen molar-refractivity contribution in [1.82, 2.24) is 9.55 Å². The van der Waals surface area contributed by atoms with E-state index in [4.69, 9.17) is 4.74 Å². The van der Waals surface area contributed by atoms with Crippen LogP contribution in [-0.2, 0) is 4.74 Å². The summed E-state index contributed by atoms with van der Waals surface area (Å²) < 4.78 is 7.81. The van der Waals surface area contributed by atoms with Gasteiger partial charge in [-0.2, -0.15) is 0 Å². The molecule has 1 aromatic carbocycles. The van der Waals surface area contributed by atoms with Gasteiger partial charge in [0.15, 0.2) is 0 Å². The predicted molar refractivity (Wildman–Crippen MR) is 87.0 cm³/mol. The van der Waals surface area contributed by atoms with Gasteiger partial charge in [-0.15, -0.1) is 0 Å². The monoisotopic (exact) mass is 310 g/mol. The van der Waals surface area contributed by atoms with Crippen LogP contribution in [0, 0.1) is 11.3 Å². The van der Waals surface area contributed by atoms with Crippen molar-refractivity contribution < 1.29 is 9.84 Å². The molecule has 2 aliphatic heterocycles. The Bertz CT molecular complexity index is 732. The molecule has 1 saturated carbocycles. The number of rotatable bonds is 1. The van der Waals surface area contributed by atoms with Crippen LogP contribution in [0.5, 0.6) is 0 Å². The van der Waals surface area contributed by atoms with Crippen molar-refractivity contribution in [3.63, 3.8) is 0 Å². The van der Waals surface area contributed by atoms with Gasteiger partial charge in [0.1, 0.15) is 0 Å². The van der Waals surface area contributed by atoms with E-state index in [0.717, 1.165) is 38.9 Å². The number of ether oxygens (including phenoxy) is 1. The lowest BCUT2D eigenvalue weighted by atomic mass is 9.74. The number of aliphatic hydroxyl groups is 1. The molecule has 1 aliphatic carbocycles. The molecule has 3 atom stereocenters. The van der Waals surface area contributed by atoms with Crippen LogP contribution < -0.4 is 0 Å². The molecule has 1 saturated heterocycles. The summed E-state index contributed by atoms with van der Waals surface area (Å²) in [6, 6.07) is 8.81. The smallest absolute Gasteiger partial charge is 0.0956 e. The number of imidazole rings is 1. The van der Waals surface area contributed by atoms with Gasteiger partial charge in [0, 0.05) is 30.1 Å². The average Bonchev–Trinajstić information content (AvgIpc) is 3.25. The molecule has 3 heterocycles. The third kappa shape index (κ3) is 1.82. The number of aliphatic hydroxyl groups excluding tert-OH is 1. The minimum atomic E-state index is -0.252. The maximum Gasteiger partial charge on any atom is 0.0956 e. The molecule has 0 bridgehead atoms. The largest absolute Gasteiger partial charge is 0.392 e. The molecule has 0 amide bonds. The van der Waals surface area contributed by atoms with Crippen molar-refractivity contribution in [3.05, 3.63) is 42.4 Å². The lowest BCUT2D eigenvalue weighted by Crippen LogP contribution is -2.40. The molecule has 4 nitrogen and oxygen atoms in total. The molecule has 1 spiro atoms. The van der Waals surface area contributed by atoms with Crippen molar-refractivity contribution >= 4 is 0 Å². The topological polar surface area (TPSA) is 47.3 Å². The second kappa shape index (κ2) is 4.92. The van der Waals surface area contributed by atoms with E-state index in [1.54, 1.807) is 0 Å². The summed E-state index contributed by atoms with van der Waals surface area (Å²) in [6.07, 6.45) is 7.82. The Morgan fingerprint density at radius 2 is 2.00 bits per heavy atom. The van der Waals surface area contributed by atoms with E-state index in [2.05, 4.69) is 33.8 Å². The first-order valence-corrected chi connectivity index (χ1v) is 8.67. The van der Waals surface area contributed by atoms with Crippen LogP contribution >= 0.6 is 0 Å². The minimum absolute atomic E-state index is 0.0706. The molecule has 1 N–H and O–H groups in total. The lowest BCUT2D eigenvalue weighted by molar-refractivity contribution is -0.0597. The molecule has 3 aliphatic rings. The third-order valence-corrected chi connectivity index (χ3v) is 6.42. The molecule has 1 unspecified atom stereocenters. The summed E-state index contributed by atoms with van der Waals surface area (Å²) in [5.41, 5.74) is 3.88. The summed E-state index contributed by atoms with van der Waals surface area (Å²) in [7, 11) is 0. The Morgan fingerprint density at radius 1 is 1.17 bits per heavy atom. The maximum absolute atomic E-state index is 11.2. The van der Waals surface area contributed by atoms with Gasteiger partial charge in [0.25, 0.3) is 0 Å². The third-order valence-electron chi connectivity index (χ3n) is 6.42. The Hall–Kier alpha value is -1.65. The molecular formula is C19H22N2O2. The van der Waals surface area contributed by atoms with Gasteiger partial charge in [-0.25, -0.2) is 4.98 Å². The van der Waals surface area contributed by atoms with Crippen LogP contribution in [0.4, 0.5) is 0 Å². The standard InChI is InChI=1S/C19H22N2O2/c22-18-15(5-6-19(18)7-9-23-10-8-19)17-14-4-2-1-3-13(14)16-11-20-12-21(16)17/h1-4,11-12,15,17-18,22H,5-10H2/t15-,17?,18-/m0/s1. The van der Waals surface area contributed by atoms with E-state index < -0.39 is 0 Å². The zero-order chi connectivity index (χ0) is 15.4. The van der Waals surface area contributed by atoms with E-state index in [0.29, 0.717) is 0 Å². The molecule has 23 heavy (non-hydrogen) atoms. The van der Waals surface area contributed by atoms with E-state index in [1.807, 2.05) is 12.5 Å². The van der Waals surface area contributed by atoms with Crippen LogP contribution in [0.1, 0.15) is 37.3 Å². The Morgan fingerprint density at radius 3 is 2.87 bits per heavy atom. The first kappa shape index (κ1) is 13.8. The molecule has 2 aromatic rings. The lowest BCUT2D eigenvalue weighted by Gasteiger charge is -2.38. The quantitative estimate of drug-likeness (QED) is 0.881. The number of hydrogen-bond donors (Lipinski definition) is 1. The fraction of sp³-hybridized carbons (Fsp3) is 0.526. The molecule has 0 radical (unpaired) electrons. The van der Waals surface area contributed by atoms with Crippen molar-refractivity contribution in [2.45, 2.75) is 37.8 Å². The first-order valence-electron chi connectivity index (χ1n) is 8.67. The van der Waals surface area contributed by atoms with Gasteiger partial charge in [0.2, 0.25) is 0 Å². The molecule has 4 heteroatoms. The van der Waals surface area contributed by atoms with Crippen LogP contribution in [0.3, 0.4) is 0 Å². The van der Waals surface area contributed by atoms with Crippen molar-refractivity contribution in [2.75, 3.05) is 13.2 Å². The van der Waals surface area contributed by atoms with Gasteiger partial charge in [0.05, 0.1) is 30.4 Å². The highest BCUT2D eigenvalue weighted by molar-refractivity contribution is 5.69. The highest BCUT2D eigenvalue weighted by atomic mass is 16.5. The predicted octanol–water partition coefficient (Wildman–Crippen LogP) is 3.02. The van der Waals surface area contributed by atoms with Gasteiger partial charge in [-0.1, -0.05) is 24.3 Å². The second-order valence-electron chi connectivity index (χ2n) is 7.34. The molecule has 120 valence electrons. The molecule has 5 rings (SSSR count). The highest BCUT2D eigenvalue weighted by Gasteiger charge is 2.52. The van der Waals surface area contributed by atoms with Gasteiger partial charge < -0.3 is 14.4 Å². The first-order chi connectivity index (χ1) is 11.3. The van der Waals surface area contributed by atoms with Crippen LogP contribution in [0.2, 0.25) is 0 Å². The molecule has 1 aromatic heterocycles. The Balaban J connectivity index is 1.56. The SMILES string of the molecule is O[C@H]1[C@H](C2c3ccccc3-c3cncn32)CCC12CCOCC2. The van der Waals surface area contributed by atoms with Crippen LogP contribution in [-0.4, -0.2) is 34.0 Å². The van der Waals surface area contributed by atoms with E-state index in [1.165, 1.54) is 16.8 Å². The van der Waals surface area contributed by atoms with E-state index in [-0.39, 0.29) is 23.5 Å². The zero-order valence-corrected chi connectivity index (χ0v) is 13.2.